The van der Waals surface area contributed by atoms with Crippen LogP contribution in [0.5, 0.6) is 0 Å². The van der Waals surface area contributed by atoms with Gasteiger partial charge in [0, 0.05) is 6.20 Å². The maximum atomic E-state index is 9.69. The summed E-state index contributed by atoms with van der Waals surface area (Å²) >= 11 is 0. The summed E-state index contributed by atoms with van der Waals surface area (Å²) in [5, 5.41) is 9.69. The van der Waals surface area contributed by atoms with Crippen LogP contribution in [0.1, 0.15) is 11.4 Å². The Morgan fingerprint density at radius 1 is 1.29 bits per heavy atom. The second kappa shape index (κ2) is 3.14. The Labute approximate surface area is 81.8 Å². The average Bonchev–Trinajstić information content (AvgIpc) is 2.47. The van der Waals surface area contributed by atoms with E-state index in [1.807, 2.05) is 32.0 Å². The molecular weight excluding hydrogens is 178 g/mol. The standard InChI is InChI=1S/C10H11N3O/c1-7-8(2)13(14)10(12-7)9-5-3-4-6-11-9/h3-6,14H,1-2H3. The van der Waals surface area contributed by atoms with Crippen molar-refractivity contribution < 1.29 is 5.21 Å². The van der Waals surface area contributed by atoms with Gasteiger partial charge < -0.3 is 5.21 Å². The van der Waals surface area contributed by atoms with E-state index in [1.54, 1.807) is 6.20 Å². The zero-order valence-electron chi connectivity index (χ0n) is 8.10. The summed E-state index contributed by atoms with van der Waals surface area (Å²) in [6, 6.07) is 5.50. The lowest BCUT2D eigenvalue weighted by Gasteiger charge is -1.99. The number of nitrogens with zero attached hydrogens (tertiary/aromatic N) is 3. The minimum atomic E-state index is 0.487. The highest BCUT2D eigenvalue weighted by atomic mass is 16.5. The first-order valence-corrected chi connectivity index (χ1v) is 4.36. The molecule has 2 heterocycles. The fourth-order valence-corrected chi connectivity index (χ4v) is 1.26. The minimum Gasteiger partial charge on any atom is -0.427 e. The van der Waals surface area contributed by atoms with E-state index in [0.717, 1.165) is 16.1 Å². The quantitative estimate of drug-likeness (QED) is 0.696. The van der Waals surface area contributed by atoms with Gasteiger partial charge in [-0.15, -0.1) is 0 Å². The van der Waals surface area contributed by atoms with Gasteiger partial charge in [0.05, 0.1) is 11.4 Å². The van der Waals surface area contributed by atoms with E-state index in [0.29, 0.717) is 11.5 Å². The number of aryl methyl sites for hydroxylation is 1. The van der Waals surface area contributed by atoms with Crippen LogP contribution in [0.25, 0.3) is 11.5 Å². The first kappa shape index (κ1) is 8.74. The van der Waals surface area contributed by atoms with E-state index in [4.69, 9.17) is 0 Å². The molecule has 0 saturated carbocycles. The summed E-state index contributed by atoms with van der Waals surface area (Å²) in [7, 11) is 0. The predicted octanol–water partition coefficient (Wildman–Crippen LogP) is 1.80. The molecule has 0 aliphatic carbocycles. The highest BCUT2D eigenvalue weighted by Gasteiger charge is 2.11. The van der Waals surface area contributed by atoms with Crippen LogP contribution in [0.4, 0.5) is 0 Å². The molecule has 0 fully saturated rings. The first-order chi connectivity index (χ1) is 6.70. The molecule has 0 aliphatic rings. The number of hydrogen-bond acceptors (Lipinski definition) is 3. The van der Waals surface area contributed by atoms with Gasteiger partial charge >= 0.3 is 0 Å². The number of pyridine rings is 1. The van der Waals surface area contributed by atoms with Crippen molar-refractivity contribution in [2.24, 2.45) is 0 Å². The van der Waals surface area contributed by atoms with Crippen LogP contribution in [-0.2, 0) is 0 Å². The van der Waals surface area contributed by atoms with E-state index in [-0.39, 0.29) is 0 Å². The summed E-state index contributed by atoms with van der Waals surface area (Å²) in [5.74, 6) is 0.487. The molecule has 0 amide bonds. The monoisotopic (exact) mass is 189 g/mol. The minimum absolute atomic E-state index is 0.487. The molecule has 1 N–H and O–H groups in total. The maximum Gasteiger partial charge on any atom is 0.194 e. The summed E-state index contributed by atoms with van der Waals surface area (Å²) in [5.41, 5.74) is 2.23. The van der Waals surface area contributed by atoms with Crippen LogP contribution in [-0.4, -0.2) is 19.9 Å². The van der Waals surface area contributed by atoms with Crippen LogP contribution >= 0.6 is 0 Å². The molecule has 0 aromatic carbocycles. The van der Waals surface area contributed by atoms with Crippen molar-refractivity contribution >= 4 is 0 Å². The van der Waals surface area contributed by atoms with E-state index in [2.05, 4.69) is 9.97 Å². The Balaban J connectivity index is 2.58. The molecule has 4 heteroatoms. The van der Waals surface area contributed by atoms with E-state index in [9.17, 15) is 5.21 Å². The molecule has 2 aromatic heterocycles. The summed E-state index contributed by atoms with van der Waals surface area (Å²) in [4.78, 5) is 8.35. The highest BCUT2D eigenvalue weighted by Crippen LogP contribution is 2.17. The molecule has 0 spiro atoms. The van der Waals surface area contributed by atoms with Gasteiger partial charge in [-0.1, -0.05) is 6.07 Å². The fraction of sp³-hybridized carbons (Fsp3) is 0.200. The first-order valence-electron chi connectivity index (χ1n) is 4.36. The molecule has 4 nitrogen and oxygen atoms in total. The van der Waals surface area contributed by atoms with Crippen molar-refractivity contribution in [3.8, 4) is 11.5 Å². The third-order valence-electron chi connectivity index (χ3n) is 2.21. The molecule has 0 radical (unpaired) electrons. The predicted molar refractivity (Wildman–Crippen MR) is 52.1 cm³/mol. The van der Waals surface area contributed by atoms with Crippen LogP contribution < -0.4 is 0 Å². The third-order valence-corrected chi connectivity index (χ3v) is 2.21. The van der Waals surface area contributed by atoms with Gasteiger partial charge in [-0.3, -0.25) is 4.98 Å². The lowest BCUT2D eigenvalue weighted by atomic mass is 10.3. The normalized spacial score (nSPS) is 10.4. The van der Waals surface area contributed by atoms with Crippen LogP contribution in [0, 0.1) is 13.8 Å². The van der Waals surface area contributed by atoms with Gasteiger partial charge in [0.2, 0.25) is 0 Å². The SMILES string of the molecule is Cc1nc(-c2ccccn2)n(O)c1C. The fourth-order valence-electron chi connectivity index (χ4n) is 1.26. The van der Waals surface area contributed by atoms with Crippen LogP contribution in [0.15, 0.2) is 24.4 Å². The molecule has 72 valence electrons. The number of imidazole rings is 1. The van der Waals surface area contributed by atoms with Crippen molar-refractivity contribution in [2.45, 2.75) is 13.8 Å². The van der Waals surface area contributed by atoms with Crippen molar-refractivity contribution in [3.63, 3.8) is 0 Å². The second-order valence-electron chi connectivity index (χ2n) is 3.13. The van der Waals surface area contributed by atoms with Gasteiger partial charge in [0.1, 0.15) is 5.69 Å². The molecule has 0 unspecified atom stereocenters. The topological polar surface area (TPSA) is 50.9 Å². The molecule has 0 atom stereocenters. The Morgan fingerprint density at radius 3 is 2.57 bits per heavy atom. The van der Waals surface area contributed by atoms with Gasteiger partial charge in [0.25, 0.3) is 0 Å². The van der Waals surface area contributed by atoms with E-state index >= 15 is 0 Å². The molecule has 2 rings (SSSR count). The molecule has 2 aromatic rings. The Kier molecular flexibility index (Phi) is 1.96. The van der Waals surface area contributed by atoms with Crippen molar-refractivity contribution in [1.29, 1.82) is 0 Å². The molecule has 0 aliphatic heterocycles. The Morgan fingerprint density at radius 2 is 2.07 bits per heavy atom. The van der Waals surface area contributed by atoms with Crippen LogP contribution in [0.2, 0.25) is 0 Å². The molecule has 14 heavy (non-hydrogen) atoms. The average molecular weight is 189 g/mol. The van der Waals surface area contributed by atoms with Gasteiger partial charge in [0.15, 0.2) is 5.82 Å². The zero-order valence-corrected chi connectivity index (χ0v) is 8.10. The Hall–Kier alpha value is -1.84. The highest BCUT2D eigenvalue weighted by molar-refractivity contribution is 5.50. The number of rotatable bonds is 1. The van der Waals surface area contributed by atoms with E-state index in [1.165, 1.54) is 0 Å². The maximum absolute atomic E-state index is 9.69. The largest absolute Gasteiger partial charge is 0.427 e. The van der Waals surface area contributed by atoms with Gasteiger partial charge in [-0.2, -0.15) is 4.73 Å². The van der Waals surface area contributed by atoms with Crippen LogP contribution in [0.3, 0.4) is 0 Å². The van der Waals surface area contributed by atoms with Crippen molar-refractivity contribution in [2.75, 3.05) is 0 Å². The van der Waals surface area contributed by atoms with Crippen molar-refractivity contribution in [1.82, 2.24) is 14.7 Å². The number of hydrogen-bond donors (Lipinski definition) is 1. The summed E-state index contributed by atoms with van der Waals surface area (Å²) < 4.78 is 1.07. The number of aromatic nitrogens is 3. The van der Waals surface area contributed by atoms with Gasteiger partial charge in [-0.25, -0.2) is 4.98 Å². The summed E-state index contributed by atoms with van der Waals surface area (Å²) in [6.07, 6.45) is 1.68. The third kappa shape index (κ3) is 1.25. The molecule has 0 saturated heterocycles. The zero-order chi connectivity index (χ0) is 10.1. The molecule has 0 bridgehead atoms. The smallest absolute Gasteiger partial charge is 0.194 e. The summed E-state index contributed by atoms with van der Waals surface area (Å²) in [6.45, 7) is 3.67. The molecular formula is C10H11N3O. The van der Waals surface area contributed by atoms with Crippen molar-refractivity contribution in [3.05, 3.63) is 35.8 Å². The van der Waals surface area contributed by atoms with E-state index < -0.39 is 0 Å². The lowest BCUT2D eigenvalue weighted by molar-refractivity contribution is 0.184. The Bertz CT molecular complexity index is 448. The second-order valence-corrected chi connectivity index (χ2v) is 3.13. The lowest BCUT2D eigenvalue weighted by Crippen LogP contribution is -1.97. The van der Waals surface area contributed by atoms with Gasteiger partial charge in [-0.05, 0) is 26.0 Å².